The molecule has 0 aliphatic carbocycles. The van der Waals surface area contributed by atoms with E-state index in [1.165, 1.54) is 6.07 Å². The van der Waals surface area contributed by atoms with Crippen LogP contribution >= 0.6 is 0 Å². The van der Waals surface area contributed by atoms with E-state index in [0.29, 0.717) is 19.0 Å². The molecule has 0 N–H and O–H groups in total. The van der Waals surface area contributed by atoms with E-state index in [1.54, 1.807) is 4.90 Å². The van der Waals surface area contributed by atoms with Gasteiger partial charge in [0.1, 0.15) is 17.6 Å². The maximum absolute atomic E-state index is 12.7. The van der Waals surface area contributed by atoms with Gasteiger partial charge in [-0.3, -0.25) is 0 Å². The predicted octanol–water partition coefficient (Wildman–Crippen LogP) is 3.60. The highest BCUT2D eigenvalue weighted by Crippen LogP contribution is 2.31. The molecule has 1 aromatic heterocycles. The number of halogens is 3. The highest BCUT2D eigenvalue weighted by Gasteiger charge is 2.33. The summed E-state index contributed by atoms with van der Waals surface area (Å²) in [5.74, 6) is 0.716. The van der Waals surface area contributed by atoms with Gasteiger partial charge >= 0.3 is 6.18 Å². The highest BCUT2D eigenvalue weighted by molar-refractivity contribution is 5.54. The summed E-state index contributed by atoms with van der Waals surface area (Å²) in [6, 6.07) is 4.00. The zero-order chi connectivity index (χ0) is 14.8. The average molecular weight is 283 g/mol. The summed E-state index contributed by atoms with van der Waals surface area (Å²) in [4.78, 5) is 5.49. The van der Waals surface area contributed by atoms with E-state index in [0.717, 1.165) is 25.3 Å². The van der Waals surface area contributed by atoms with Gasteiger partial charge in [-0.25, -0.2) is 4.98 Å². The lowest BCUT2D eigenvalue weighted by atomic mass is 10.0. The van der Waals surface area contributed by atoms with Gasteiger partial charge in [0.25, 0.3) is 0 Å². The van der Waals surface area contributed by atoms with Gasteiger partial charge in [-0.1, -0.05) is 6.92 Å². The van der Waals surface area contributed by atoms with Crippen molar-refractivity contribution in [2.24, 2.45) is 5.92 Å². The number of nitrogens with zero attached hydrogens (tertiary/aromatic N) is 3. The molecule has 20 heavy (non-hydrogen) atoms. The number of hydrogen-bond acceptors (Lipinski definition) is 3. The Balaban J connectivity index is 2.35. The lowest BCUT2D eigenvalue weighted by Gasteiger charge is -2.23. The molecule has 0 saturated carbocycles. The maximum Gasteiger partial charge on any atom is 0.433 e. The van der Waals surface area contributed by atoms with Gasteiger partial charge in [0.2, 0.25) is 0 Å². The van der Waals surface area contributed by atoms with Crippen LogP contribution in [0.5, 0.6) is 0 Å². The Morgan fingerprint density at radius 3 is 2.70 bits per heavy atom. The summed E-state index contributed by atoms with van der Waals surface area (Å²) < 4.78 is 38.2. The first-order chi connectivity index (χ1) is 9.41. The van der Waals surface area contributed by atoms with Crippen molar-refractivity contribution < 1.29 is 13.2 Å². The topological polar surface area (TPSA) is 39.9 Å². The van der Waals surface area contributed by atoms with Gasteiger partial charge in [-0.05, 0) is 37.3 Å². The molecular formula is C14H16F3N3. The monoisotopic (exact) mass is 283 g/mol. The Morgan fingerprint density at radius 2 is 2.05 bits per heavy atom. The summed E-state index contributed by atoms with van der Waals surface area (Å²) in [7, 11) is 0. The molecule has 1 unspecified atom stereocenters. The van der Waals surface area contributed by atoms with E-state index >= 15 is 0 Å². The lowest BCUT2D eigenvalue weighted by molar-refractivity contribution is -0.141. The zero-order valence-electron chi connectivity index (χ0n) is 11.2. The van der Waals surface area contributed by atoms with Crippen molar-refractivity contribution in [3.63, 3.8) is 0 Å². The smallest absolute Gasteiger partial charge is 0.356 e. The van der Waals surface area contributed by atoms with Crippen molar-refractivity contribution in [2.45, 2.75) is 32.4 Å². The summed E-state index contributed by atoms with van der Waals surface area (Å²) >= 11 is 0. The van der Waals surface area contributed by atoms with Gasteiger partial charge in [0.05, 0.1) is 5.56 Å². The molecule has 1 fully saturated rings. The molecular weight excluding hydrogens is 267 g/mol. The normalized spacial score (nSPS) is 20.4. The number of pyridine rings is 1. The Labute approximate surface area is 116 Å². The molecule has 1 aromatic rings. The fraction of sp³-hybridized carbons (Fsp3) is 0.571. The minimum absolute atomic E-state index is 0.163. The third-order valence-electron chi connectivity index (χ3n) is 3.60. The zero-order valence-corrected chi connectivity index (χ0v) is 11.2. The first kappa shape index (κ1) is 14.6. The molecule has 3 nitrogen and oxygen atoms in total. The van der Waals surface area contributed by atoms with Crippen molar-refractivity contribution in [1.29, 1.82) is 5.26 Å². The van der Waals surface area contributed by atoms with Crippen molar-refractivity contribution in [3.8, 4) is 6.07 Å². The van der Waals surface area contributed by atoms with Crippen LogP contribution in [0.2, 0.25) is 0 Å². The van der Waals surface area contributed by atoms with Crippen molar-refractivity contribution in [3.05, 3.63) is 23.4 Å². The number of hydrogen-bond donors (Lipinski definition) is 0. The molecule has 1 saturated heterocycles. The second-order valence-corrected chi connectivity index (χ2v) is 5.20. The first-order valence-corrected chi connectivity index (χ1v) is 6.65. The molecule has 0 amide bonds. The van der Waals surface area contributed by atoms with E-state index in [-0.39, 0.29) is 11.4 Å². The molecule has 6 heteroatoms. The molecule has 0 bridgehead atoms. The number of rotatable bonds is 1. The number of nitriles is 1. The van der Waals surface area contributed by atoms with Crippen molar-refractivity contribution >= 4 is 5.82 Å². The molecule has 1 atom stereocenters. The molecule has 2 rings (SSSR count). The fourth-order valence-corrected chi connectivity index (χ4v) is 2.41. The Morgan fingerprint density at radius 1 is 1.30 bits per heavy atom. The van der Waals surface area contributed by atoms with E-state index in [9.17, 15) is 13.2 Å². The highest BCUT2D eigenvalue weighted by atomic mass is 19.4. The average Bonchev–Trinajstić information content (AvgIpc) is 2.61. The summed E-state index contributed by atoms with van der Waals surface area (Å²) in [6.45, 7) is 3.42. The van der Waals surface area contributed by atoms with Gasteiger partial charge < -0.3 is 4.90 Å². The van der Waals surface area contributed by atoms with E-state index in [1.807, 2.05) is 6.07 Å². The maximum atomic E-state index is 12.7. The molecule has 0 aromatic carbocycles. The molecule has 0 spiro atoms. The van der Waals surface area contributed by atoms with Gasteiger partial charge in [-0.2, -0.15) is 18.4 Å². The summed E-state index contributed by atoms with van der Waals surface area (Å²) in [5.41, 5.74) is -0.739. The summed E-state index contributed by atoms with van der Waals surface area (Å²) in [6.07, 6.45) is -1.62. The molecule has 1 aliphatic heterocycles. The van der Waals surface area contributed by atoms with E-state index < -0.39 is 11.9 Å². The standard InChI is InChI=1S/C14H16F3N3/c1-10-3-2-7-20(8-6-10)13-11(9-18)4-5-12(19-13)14(15,16)17/h4-5,10H,2-3,6-8H2,1H3. The number of aromatic nitrogens is 1. The Hall–Kier alpha value is -1.77. The minimum atomic E-state index is -4.48. The number of anilines is 1. The largest absolute Gasteiger partial charge is 0.433 e. The van der Waals surface area contributed by atoms with Gasteiger partial charge in [-0.15, -0.1) is 0 Å². The third kappa shape index (κ3) is 3.21. The van der Waals surface area contributed by atoms with E-state index in [4.69, 9.17) is 5.26 Å². The number of alkyl halides is 3. The summed E-state index contributed by atoms with van der Waals surface area (Å²) in [5, 5.41) is 9.07. The minimum Gasteiger partial charge on any atom is -0.356 e. The molecule has 2 heterocycles. The third-order valence-corrected chi connectivity index (χ3v) is 3.60. The van der Waals surface area contributed by atoms with Crippen molar-refractivity contribution in [2.75, 3.05) is 18.0 Å². The van der Waals surface area contributed by atoms with Crippen LogP contribution in [-0.4, -0.2) is 18.1 Å². The van der Waals surface area contributed by atoms with Gasteiger partial charge in [0.15, 0.2) is 0 Å². The van der Waals surface area contributed by atoms with Crippen LogP contribution in [0.4, 0.5) is 19.0 Å². The van der Waals surface area contributed by atoms with Crippen LogP contribution < -0.4 is 4.90 Å². The Bertz CT molecular complexity index is 519. The molecule has 0 radical (unpaired) electrons. The van der Waals surface area contributed by atoms with Crippen molar-refractivity contribution in [1.82, 2.24) is 4.98 Å². The second kappa shape index (κ2) is 5.70. The van der Waals surface area contributed by atoms with Crippen LogP contribution in [0.3, 0.4) is 0 Å². The van der Waals surface area contributed by atoms with Crippen LogP contribution in [0.25, 0.3) is 0 Å². The molecule has 108 valence electrons. The molecule has 1 aliphatic rings. The quantitative estimate of drug-likeness (QED) is 0.790. The lowest BCUT2D eigenvalue weighted by Crippen LogP contribution is -2.27. The van der Waals surface area contributed by atoms with E-state index in [2.05, 4.69) is 11.9 Å². The SMILES string of the molecule is CC1CCCN(c2nc(C(F)(F)F)ccc2C#N)CC1. The van der Waals surface area contributed by atoms with Gasteiger partial charge in [0, 0.05) is 13.1 Å². The van der Waals surface area contributed by atoms with Crippen LogP contribution in [0, 0.1) is 17.2 Å². The predicted molar refractivity (Wildman–Crippen MR) is 69.2 cm³/mol. The first-order valence-electron chi connectivity index (χ1n) is 6.65. The van der Waals surface area contributed by atoms with Crippen LogP contribution in [0.15, 0.2) is 12.1 Å². The van der Waals surface area contributed by atoms with Crippen LogP contribution in [0.1, 0.15) is 37.4 Å². The Kier molecular flexibility index (Phi) is 4.17. The van der Waals surface area contributed by atoms with Crippen LogP contribution in [-0.2, 0) is 6.18 Å². The second-order valence-electron chi connectivity index (χ2n) is 5.20. The fourth-order valence-electron chi connectivity index (χ4n) is 2.41.